The number of rotatable bonds is 7. The van der Waals surface area contributed by atoms with Gasteiger partial charge in [0.25, 0.3) is 0 Å². The van der Waals surface area contributed by atoms with Gasteiger partial charge in [-0.15, -0.1) is 11.3 Å². The first-order chi connectivity index (χ1) is 10.0. The Kier molecular flexibility index (Phi) is 5.98. The Morgan fingerprint density at radius 3 is 2.43 bits per heavy atom. The van der Waals surface area contributed by atoms with Gasteiger partial charge < -0.3 is 19.7 Å². The van der Waals surface area contributed by atoms with E-state index in [0.717, 1.165) is 37.0 Å². The van der Waals surface area contributed by atoms with Gasteiger partial charge in [0, 0.05) is 38.7 Å². The average molecular weight is 313 g/mol. The number of hydrogen-bond acceptors (Lipinski definition) is 6. The predicted octanol–water partition coefficient (Wildman–Crippen LogP) is 2.05. The molecule has 1 saturated heterocycles. The number of aromatic nitrogens is 1. The summed E-state index contributed by atoms with van der Waals surface area (Å²) < 4.78 is 11.0. The fourth-order valence-corrected chi connectivity index (χ4v) is 3.59. The first-order valence-corrected chi connectivity index (χ1v) is 8.34. The summed E-state index contributed by atoms with van der Waals surface area (Å²) in [4.78, 5) is 8.31. The zero-order valence-electron chi connectivity index (χ0n) is 13.7. The molecular formula is C15H27N3O2S. The van der Waals surface area contributed by atoms with Crippen LogP contribution in [-0.4, -0.2) is 51.0 Å². The molecule has 2 atom stereocenters. The van der Waals surface area contributed by atoms with Crippen LogP contribution in [-0.2, 0) is 16.0 Å². The quantitative estimate of drug-likeness (QED) is 0.835. The average Bonchev–Trinajstić information content (AvgIpc) is 3.02. The zero-order valence-corrected chi connectivity index (χ0v) is 14.5. The van der Waals surface area contributed by atoms with Crippen LogP contribution in [0.3, 0.4) is 0 Å². The van der Waals surface area contributed by atoms with Crippen LogP contribution in [0.15, 0.2) is 0 Å². The first-order valence-electron chi connectivity index (χ1n) is 7.52. The Balaban J connectivity index is 1.98. The highest BCUT2D eigenvalue weighted by Crippen LogP contribution is 2.30. The molecule has 0 saturated carbocycles. The van der Waals surface area contributed by atoms with E-state index >= 15 is 0 Å². The number of ether oxygens (including phenoxy) is 2. The second-order valence-corrected chi connectivity index (χ2v) is 7.05. The molecule has 6 heteroatoms. The summed E-state index contributed by atoms with van der Waals surface area (Å²) in [5.41, 5.74) is 1.13. The highest BCUT2D eigenvalue weighted by Gasteiger charge is 2.34. The van der Waals surface area contributed by atoms with Gasteiger partial charge in [0.2, 0.25) is 0 Å². The Labute approximate surface area is 131 Å². The van der Waals surface area contributed by atoms with Gasteiger partial charge in [-0.1, -0.05) is 13.8 Å². The Morgan fingerprint density at radius 2 is 1.90 bits per heavy atom. The summed E-state index contributed by atoms with van der Waals surface area (Å²) in [5, 5.41) is 4.57. The summed E-state index contributed by atoms with van der Waals surface area (Å²) in [6.45, 7) is 10.2. The van der Waals surface area contributed by atoms with E-state index < -0.39 is 0 Å². The molecule has 0 amide bonds. The maximum atomic E-state index is 5.49. The third kappa shape index (κ3) is 4.16. The van der Waals surface area contributed by atoms with Crippen LogP contribution in [0.4, 0.5) is 5.13 Å². The van der Waals surface area contributed by atoms with Crippen molar-refractivity contribution in [1.82, 2.24) is 10.3 Å². The van der Waals surface area contributed by atoms with Crippen molar-refractivity contribution in [3.8, 4) is 0 Å². The largest absolute Gasteiger partial charge is 0.377 e. The maximum Gasteiger partial charge on any atom is 0.185 e. The van der Waals surface area contributed by atoms with Crippen molar-refractivity contribution in [1.29, 1.82) is 0 Å². The smallest absolute Gasteiger partial charge is 0.185 e. The summed E-state index contributed by atoms with van der Waals surface area (Å²) >= 11 is 1.77. The van der Waals surface area contributed by atoms with Crippen LogP contribution in [0, 0.1) is 12.8 Å². The van der Waals surface area contributed by atoms with Crippen LogP contribution < -0.4 is 10.2 Å². The molecule has 21 heavy (non-hydrogen) atoms. The number of nitrogens with one attached hydrogen (secondary N) is 1. The van der Waals surface area contributed by atoms with Crippen molar-refractivity contribution in [3.63, 3.8) is 0 Å². The van der Waals surface area contributed by atoms with E-state index in [-0.39, 0.29) is 12.2 Å². The van der Waals surface area contributed by atoms with Crippen LogP contribution in [0.2, 0.25) is 0 Å². The van der Waals surface area contributed by atoms with Gasteiger partial charge in [-0.3, -0.25) is 0 Å². The number of methoxy groups -OCH3 is 2. The zero-order chi connectivity index (χ0) is 15.4. The van der Waals surface area contributed by atoms with Crippen LogP contribution >= 0.6 is 11.3 Å². The van der Waals surface area contributed by atoms with Crippen molar-refractivity contribution in [2.45, 2.75) is 39.5 Å². The molecule has 5 nitrogen and oxygen atoms in total. The highest BCUT2D eigenvalue weighted by molar-refractivity contribution is 7.15. The Hall–Kier alpha value is -0.690. The summed E-state index contributed by atoms with van der Waals surface area (Å²) in [6, 6.07) is 0. The van der Waals surface area contributed by atoms with Crippen molar-refractivity contribution >= 4 is 16.5 Å². The monoisotopic (exact) mass is 313 g/mol. The lowest BCUT2D eigenvalue weighted by Gasteiger charge is -2.13. The van der Waals surface area contributed by atoms with Crippen molar-refractivity contribution in [2.75, 3.05) is 38.8 Å². The van der Waals surface area contributed by atoms with E-state index in [9.17, 15) is 0 Å². The molecule has 1 aliphatic heterocycles. The molecule has 0 aliphatic carbocycles. The van der Waals surface area contributed by atoms with Gasteiger partial charge in [0.15, 0.2) is 5.13 Å². The molecule has 1 aliphatic rings. The molecule has 0 radical (unpaired) electrons. The van der Waals surface area contributed by atoms with E-state index in [2.05, 4.69) is 31.0 Å². The van der Waals surface area contributed by atoms with Gasteiger partial charge in [-0.05, 0) is 19.4 Å². The molecular weight excluding hydrogens is 286 g/mol. The minimum absolute atomic E-state index is 0.127. The SMILES string of the molecule is COC1CN(c2nc(C)c(CNCC(C)C)s2)CC1OC. The van der Waals surface area contributed by atoms with Gasteiger partial charge in [-0.2, -0.15) is 0 Å². The Bertz CT molecular complexity index is 438. The van der Waals surface area contributed by atoms with Gasteiger partial charge in [0.05, 0.1) is 5.69 Å². The van der Waals surface area contributed by atoms with E-state index in [4.69, 9.17) is 14.5 Å². The first kappa shape index (κ1) is 16.7. The molecule has 0 spiro atoms. The summed E-state index contributed by atoms with van der Waals surface area (Å²) in [7, 11) is 3.49. The molecule has 120 valence electrons. The van der Waals surface area contributed by atoms with Gasteiger partial charge in [-0.25, -0.2) is 4.98 Å². The molecule has 1 aromatic rings. The number of aryl methyl sites for hydroxylation is 1. The number of anilines is 1. The van der Waals surface area contributed by atoms with Crippen molar-refractivity contribution in [3.05, 3.63) is 10.6 Å². The molecule has 1 aromatic heterocycles. The normalized spacial score (nSPS) is 22.5. The minimum Gasteiger partial charge on any atom is -0.377 e. The molecule has 2 rings (SSSR count). The second kappa shape index (κ2) is 7.54. The fraction of sp³-hybridized carbons (Fsp3) is 0.800. The topological polar surface area (TPSA) is 46.6 Å². The molecule has 2 unspecified atom stereocenters. The van der Waals surface area contributed by atoms with Crippen molar-refractivity contribution in [2.24, 2.45) is 5.92 Å². The molecule has 0 aromatic carbocycles. The van der Waals surface area contributed by atoms with Crippen LogP contribution in [0.25, 0.3) is 0 Å². The number of thiazole rings is 1. The third-order valence-corrected chi connectivity index (χ3v) is 5.03. The molecule has 1 fully saturated rings. The predicted molar refractivity (Wildman–Crippen MR) is 87.2 cm³/mol. The fourth-order valence-electron chi connectivity index (χ4n) is 2.54. The number of nitrogens with zero attached hydrogens (tertiary/aromatic N) is 2. The molecule has 1 N–H and O–H groups in total. The van der Waals surface area contributed by atoms with Gasteiger partial charge in [0.1, 0.15) is 12.2 Å². The van der Waals surface area contributed by atoms with E-state index in [1.165, 1.54) is 4.88 Å². The standard InChI is InChI=1S/C15H27N3O2S/c1-10(2)6-16-7-14-11(3)17-15(21-14)18-8-12(19-4)13(9-18)20-5/h10,12-13,16H,6-9H2,1-5H3. The lowest BCUT2D eigenvalue weighted by molar-refractivity contribution is -0.00461. The van der Waals surface area contributed by atoms with E-state index in [1.807, 2.05) is 0 Å². The van der Waals surface area contributed by atoms with E-state index in [0.29, 0.717) is 5.92 Å². The van der Waals surface area contributed by atoms with Crippen LogP contribution in [0.5, 0.6) is 0 Å². The third-order valence-electron chi connectivity index (χ3n) is 3.81. The molecule has 2 heterocycles. The Morgan fingerprint density at radius 1 is 1.29 bits per heavy atom. The minimum atomic E-state index is 0.127. The number of hydrogen-bond donors (Lipinski definition) is 1. The maximum absolute atomic E-state index is 5.49. The van der Waals surface area contributed by atoms with Gasteiger partial charge >= 0.3 is 0 Å². The van der Waals surface area contributed by atoms with Crippen LogP contribution in [0.1, 0.15) is 24.4 Å². The van der Waals surface area contributed by atoms with Crippen molar-refractivity contribution < 1.29 is 9.47 Å². The highest BCUT2D eigenvalue weighted by atomic mass is 32.1. The second-order valence-electron chi connectivity index (χ2n) is 5.98. The lowest BCUT2D eigenvalue weighted by atomic mass is 10.2. The lowest BCUT2D eigenvalue weighted by Crippen LogP contribution is -2.27. The van der Waals surface area contributed by atoms with E-state index in [1.54, 1.807) is 25.6 Å². The molecule has 0 bridgehead atoms. The summed E-state index contributed by atoms with van der Waals surface area (Å²) in [5.74, 6) is 0.668. The summed E-state index contributed by atoms with van der Waals surface area (Å²) in [6.07, 6.45) is 0.253.